The van der Waals surface area contributed by atoms with Crippen LogP contribution in [0.25, 0.3) is 119 Å². The van der Waals surface area contributed by atoms with Crippen LogP contribution in [0.3, 0.4) is 0 Å². The normalized spacial score (nSPS) is 12.0. The van der Waals surface area contributed by atoms with Crippen molar-refractivity contribution in [2.24, 2.45) is 0 Å². The summed E-state index contributed by atoms with van der Waals surface area (Å²) in [4.78, 5) is 16.2. The van der Waals surface area contributed by atoms with Gasteiger partial charge in [-0.3, -0.25) is 0 Å². The van der Waals surface area contributed by atoms with Crippen LogP contribution >= 0.6 is 11.3 Å². The number of hydrogen-bond acceptors (Lipinski definition) is 4. The molecule has 0 unspecified atom stereocenters. The van der Waals surface area contributed by atoms with Gasteiger partial charge in [0.05, 0.1) is 0 Å². The SMILES string of the molecule is c1ccc2cc(-c3nc(-c4cc5ccccc5c5ccccc45)nc(-c4cc5ccc6ccccc6c5c5c4sc4c6ccccc6ccc45)n3)ccc2c1. The second kappa shape index (κ2) is 11.7. The first kappa shape index (κ1) is 30.5. The maximum absolute atomic E-state index is 5.45. The Bertz CT molecular complexity index is 3560. The first-order valence-electron chi connectivity index (χ1n) is 18.6. The predicted molar refractivity (Wildman–Crippen MR) is 234 cm³/mol. The summed E-state index contributed by atoms with van der Waals surface area (Å²) in [6, 6.07) is 63.2. The zero-order valence-electron chi connectivity index (χ0n) is 29.5. The van der Waals surface area contributed by atoms with Gasteiger partial charge >= 0.3 is 0 Å². The van der Waals surface area contributed by atoms with Gasteiger partial charge in [0.15, 0.2) is 17.5 Å². The van der Waals surface area contributed by atoms with Crippen LogP contribution in [0, 0.1) is 0 Å². The highest BCUT2D eigenvalue weighted by atomic mass is 32.1. The molecule has 55 heavy (non-hydrogen) atoms. The first-order valence-corrected chi connectivity index (χ1v) is 19.4. The lowest BCUT2D eigenvalue weighted by atomic mass is 9.94. The van der Waals surface area contributed by atoms with E-state index < -0.39 is 0 Å². The maximum Gasteiger partial charge on any atom is 0.165 e. The molecule has 254 valence electrons. The fourth-order valence-electron chi connectivity index (χ4n) is 8.65. The van der Waals surface area contributed by atoms with E-state index >= 15 is 0 Å². The number of thiophene rings is 1. The Balaban J connectivity index is 1.22. The second-order valence-corrected chi connectivity index (χ2v) is 15.4. The number of nitrogens with zero attached hydrogens (tertiary/aromatic N) is 3. The number of fused-ring (bicyclic) bond motifs is 13. The summed E-state index contributed by atoms with van der Waals surface area (Å²) in [7, 11) is 0. The van der Waals surface area contributed by atoms with Crippen molar-refractivity contribution >= 4 is 96.1 Å². The third-order valence-electron chi connectivity index (χ3n) is 11.2. The fraction of sp³-hybridized carbons (Fsp3) is 0. The molecule has 12 aromatic rings. The van der Waals surface area contributed by atoms with Crippen LogP contribution in [0.2, 0.25) is 0 Å². The van der Waals surface area contributed by atoms with E-state index in [-0.39, 0.29) is 0 Å². The summed E-state index contributed by atoms with van der Waals surface area (Å²) >= 11 is 1.85. The minimum atomic E-state index is 0.654. The van der Waals surface area contributed by atoms with Crippen LogP contribution in [0.15, 0.2) is 176 Å². The fourth-order valence-corrected chi connectivity index (χ4v) is 10.0. The molecule has 0 aliphatic carbocycles. The zero-order valence-corrected chi connectivity index (χ0v) is 30.3. The Morgan fingerprint density at radius 3 is 1.65 bits per heavy atom. The molecule has 0 atom stereocenters. The minimum Gasteiger partial charge on any atom is -0.208 e. The quantitative estimate of drug-likeness (QED) is 0.171. The van der Waals surface area contributed by atoms with Gasteiger partial charge in [-0.05, 0) is 82.8 Å². The molecule has 3 nitrogen and oxygen atoms in total. The summed E-state index contributed by atoms with van der Waals surface area (Å²) in [6.07, 6.45) is 0. The molecule has 2 heterocycles. The molecule has 0 spiro atoms. The van der Waals surface area contributed by atoms with Crippen molar-refractivity contribution in [1.82, 2.24) is 15.0 Å². The van der Waals surface area contributed by atoms with Gasteiger partial charge in [0, 0.05) is 36.9 Å². The van der Waals surface area contributed by atoms with Crippen molar-refractivity contribution in [1.29, 1.82) is 0 Å². The van der Waals surface area contributed by atoms with Gasteiger partial charge in [-0.1, -0.05) is 158 Å². The monoisotopic (exact) mass is 715 g/mol. The third-order valence-corrected chi connectivity index (χ3v) is 12.5. The lowest BCUT2D eigenvalue weighted by Crippen LogP contribution is -2.01. The molecule has 12 rings (SSSR count). The highest BCUT2D eigenvalue weighted by Crippen LogP contribution is 2.48. The van der Waals surface area contributed by atoms with Crippen molar-refractivity contribution in [3.63, 3.8) is 0 Å². The van der Waals surface area contributed by atoms with Gasteiger partial charge in [0.2, 0.25) is 0 Å². The van der Waals surface area contributed by atoms with Crippen LogP contribution in [0.5, 0.6) is 0 Å². The number of aromatic nitrogens is 3. The maximum atomic E-state index is 5.45. The van der Waals surface area contributed by atoms with Gasteiger partial charge in [0.1, 0.15) is 0 Å². The highest BCUT2D eigenvalue weighted by Gasteiger charge is 2.22. The Kier molecular flexibility index (Phi) is 6.50. The van der Waals surface area contributed by atoms with E-state index in [1.54, 1.807) is 0 Å². The van der Waals surface area contributed by atoms with Gasteiger partial charge in [0.25, 0.3) is 0 Å². The van der Waals surface area contributed by atoms with Gasteiger partial charge in [-0.25, -0.2) is 15.0 Å². The average Bonchev–Trinajstić information content (AvgIpc) is 3.66. The van der Waals surface area contributed by atoms with Crippen LogP contribution < -0.4 is 0 Å². The Morgan fingerprint density at radius 1 is 0.291 bits per heavy atom. The van der Waals surface area contributed by atoms with E-state index in [1.165, 1.54) is 68.6 Å². The van der Waals surface area contributed by atoms with E-state index in [0.29, 0.717) is 17.5 Å². The molecular weight excluding hydrogens is 687 g/mol. The zero-order chi connectivity index (χ0) is 36.0. The molecule has 4 heteroatoms. The second-order valence-electron chi connectivity index (χ2n) is 14.3. The smallest absolute Gasteiger partial charge is 0.165 e. The van der Waals surface area contributed by atoms with Gasteiger partial charge in [-0.2, -0.15) is 0 Å². The molecule has 0 bridgehead atoms. The Labute approximate surface area is 319 Å². The summed E-state index contributed by atoms with van der Waals surface area (Å²) in [5, 5.41) is 16.9. The van der Waals surface area contributed by atoms with E-state index in [4.69, 9.17) is 15.0 Å². The third kappa shape index (κ3) is 4.65. The van der Waals surface area contributed by atoms with Crippen LogP contribution in [-0.2, 0) is 0 Å². The molecule has 0 aliphatic heterocycles. The topological polar surface area (TPSA) is 38.7 Å². The lowest BCUT2D eigenvalue weighted by Gasteiger charge is -2.14. The Morgan fingerprint density at radius 2 is 0.836 bits per heavy atom. The molecular formula is C51H29N3S. The van der Waals surface area contributed by atoms with Crippen LogP contribution in [0.1, 0.15) is 0 Å². The molecule has 2 aromatic heterocycles. The summed E-state index contributed by atoms with van der Waals surface area (Å²) in [5.41, 5.74) is 2.96. The molecule has 0 amide bonds. The number of rotatable bonds is 3. The number of hydrogen-bond donors (Lipinski definition) is 0. The lowest BCUT2D eigenvalue weighted by molar-refractivity contribution is 1.08. The summed E-state index contributed by atoms with van der Waals surface area (Å²) in [6.45, 7) is 0. The highest BCUT2D eigenvalue weighted by molar-refractivity contribution is 7.27. The molecule has 0 radical (unpaired) electrons. The molecule has 0 N–H and O–H groups in total. The van der Waals surface area contributed by atoms with Crippen molar-refractivity contribution in [3.05, 3.63) is 176 Å². The van der Waals surface area contributed by atoms with Crippen molar-refractivity contribution in [2.45, 2.75) is 0 Å². The molecule has 0 fully saturated rings. The van der Waals surface area contributed by atoms with Crippen molar-refractivity contribution < 1.29 is 0 Å². The van der Waals surface area contributed by atoms with E-state index in [1.807, 2.05) is 11.3 Å². The predicted octanol–water partition coefficient (Wildman–Crippen LogP) is 14.2. The molecule has 0 saturated carbocycles. The van der Waals surface area contributed by atoms with Crippen molar-refractivity contribution in [3.8, 4) is 34.2 Å². The van der Waals surface area contributed by atoms with E-state index in [2.05, 4.69) is 176 Å². The van der Waals surface area contributed by atoms with Crippen LogP contribution in [-0.4, -0.2) is 15.0 Å². The first-order chi connectivity index (χ1) is 27.2. The standard InChI is InChI=1S/C51H29N3S/c1-2-14-33-27-36(24-21-30(33)11-1)49-52-50(43-28-34-15-5-6-16-37(34)40-19-9-10-20-41(40)43)54-51(53-49)44-29-35-23-22-31-12-3-7-17-38(31)45(35)46-42-26-25-32-13-4-8-18-39(32)47(42)55-48(44)46/h1-29H. The largest absolute Gasteiger partial charge is 0.208 e. The van der Waals surface area contributed by atoms with Crippen LogP contribution in [0.4, 0.5) is 0 Å². The minimum absolute atomic E-state index is 0.654. The van der Waals surface area contributed by atoms with Gasteiger partial charge in [-0.15, -0.1) is 11.3 Å². The summed E-state index contributed by atoms with van der Waals surface area (Å²) in [5.74, 6) is 1.98. The summed E-state index contributed by atoms with van der Waals surface area (Å²) < 4.78 is 2.46. The molecule has 0 aliphatic rings. The van der Waals surface area contributed by atoms with E-state index in [0.717, 1.165) is 32.8 Å². The Hall–Kier alpha value is -7.01. The molecule has 0 saturated heterocycles. The van der Waals surface area contributed by atoms with E-state index in [9.17, 15) is 0 Å². The van der Waals surface area contributed by atoms with Gasteiger partial charge < -0.3 is 0 Å². The molecule has 10 aromatic carbocycles. The average molecular weight is 716 g/mol. The van der Waals surface area contributed by atoms with Crippen molar-refractivity contribution in [2.75, 3.05) is 0 Å². The number of benzene rings is 10.